The van der Waals surface area contributed by atoms with Gasteiger partial charge < -0.3 is 16.0 Å². The predicted molar refractivity (Wildman–Crippen MR) is 69.4 cm³/mol. The summed E-state index contributed by atoms with van der Waals surface area (Å²) in [7, 11) is 1.99. The van der Waals surface area contributed by atoms with Crippen molar-refractivity contribution in [2.45, 2.75) is 19.5 Å². The zero-order chi connectivity index (χ0) is 12.7. The number of nitrogens with two attached hydrogens (primary N) is 1. The number of hydrogen-bond acceptors (Lipinski definition) is 3. The minimum Gasteiger partial charge on any atom is -0.368 e. The molecular weight excluding hydrogens is 214 g/mol. The Hall–Kier alpha value is -1.39. The van der Waals surface area contributed by atoms with Crippen LogP contribution in [0.2, 0.25) is 0 Å². The standard InChI is InChI=1S/C13H21N3O/c1-3-15-12(13(14)17)10-16(2)9-11-7-5-4-6-8-11/h4-8,12,15H,3,9-10H2,1-2H3,(H2,14,17). The molecule has 0 spiro atoms. The second kappa shape index (κ2) is 7.04. The molecule has 0 heterocycles. The van der Waals surface area contributed by atoms with Gasteiger partial charge in [-0.1, -0.05) is 37.3 Å². The lowest BCUT2D eigenvalue weighted by Crippen LogP contribution is -2.48. The van der Waals surface area contributed by atoms with E-state index in [0.717, 1.165) is 13.1 Å². The molecule has 94 valence electrons. The van der Waals surface area contributed by atoms with Crippen molar-refractivity contribution < 1.29 is 4.79 Å². The normalized spacial score (nSPS) is 12.6. The van der Waals surface area contributed by atoms with Crippen molar-refractivity contribution in [1.29, 1.82) is 0 Å². The summed E-state index contributed by atoms with van der Waals surface area (Å²) in [5.74, 6) is -0.299. The third-order valence-corrected chi connectivity index (χ3v) is 2.58. The van der Waals surface area contributed by atoms with Crippen molar-refractivity contribution in [3.63, 3.8) is 0 Å². The highest BCUT2D eigenvalue weighted by Crippen LogP contribution is 2.03. The summed E-state index contributed by atoms with van der Waals surface area (Å²) in [4.78, 5) is 13.3. The number of nitrogens with one attached hydrogen (secondary N) is 1. The lowest BCUT2D eigenvalue weighted by Gasteiger charge is -2.22. The maximum Gasteiger partial charge on any atom is 0.235 e. The van der Waals surface area contributed by atoms with Crippen molar-refractivity contribution in [2.24, 2.45) is 5.73 Å². The van der Waals surface area contributed by atoms with Gasteiger partial charge in [0.2, 0.25) is 5.91 Å². The Morgan fingerprint density at radius 1 is 1.41 bits per heavy atom. The number of nitrogens with zero attached hydrogens (tertiary/aromatic N) is 1. The number of carbonyl (C=O) groups is 1. The van der Waals surface area contributed by atoms with Gasteiger partial charge in [-0.3, -0.25) is 4.79 Å². The highest BCUT2D eigenvalue weighted by molar-refractivity contribution is 5.80. The van der Waals surface area contributed by atoms with Crippen LogP contribution in [0.4, 0.5) is 0 Å². The molecule has 4 nitrogen and oxygen atoms in total. The van der Waals surface area contributed by atoms with E-state index in [1.165, 1.54) is 5.56 Å². The molecule has 0 saturated heterocycles. The number of primary amides is 1. The number of hydrogen-bond donors (Lipinski definition) is 2. The molecule has 0 aliphatic carbocycles. The lowest BCUT2D eigenvalue weighted by molar-refractivity contribution is -0.120. The molecule has 0 bridgehead atoms. The quantitative estimate of drug-likeness (QED) is 0.727. The number of benzene rings is 1. The van der Waals surface area contributed by atoms with Gasteiger partial charge in [-0.05, 0) is 19.2 Å². The van der Waals surface area contributed by atoms with Gasteiger partial charge >= 0.3 is 0 Å². The second-order valence-electron chi connectivity index (χ2n) is 4.19. The first kappa shape index (κ1) is 13.7. The number of rotatable bonds is 7. The van der Waals surface area contributed by atoms with E-state index >= 15 is 0 Å². The smallest absolute Gasteiger partial charge is 0.235 e. The molecule has 1 amide bonds. The number of carbonyl (C=O) groups excluding carboxylic acids is 1. The molecule has 0 aliphatic heterocycles. The van der Waals surface area contributed by atoms with Crippen LogP contribution >= 0.6 is 0 Å². The van der Waals surface area contributed by atoms with Gasteiger partial charge in [0.05, 0.1) is 6.04 Å². The number of amides is 1. The zero-order valence-corrected chi connectivity index (χ0v) is 10.5. The van der Waals surface area contributed by atoms with Crippen LogP contribution in [0, 0.1) is 0 Å². The zero-order valence-electron chi connectivity index (χ0n) is 10.5. The van der Waals surface area contributed by atoms with Gasteiger partial charge in [0.25, 0.3) is 0 Å². The van der Waals surface area contributed by atoms with Crippen LogP contribution in [0.3, 0.4) is 0 Å². The van der Waals surface area contributed by atoms with Gasteiger partial charge in [0, 0.05) is 13.1 Å². The van der Waals surface area contributed by atoms with Crippen LogP contribution in [0.25, 0.3) is 0 Å². The van der Waals surface area contributed by atoms with Crippen LogP contribution in [-0.2, 0) is 11.3 Å². The van der Waals surface area contributed by atoms with E-state index in [1.807, 2.05) is 32.2 Å². The van der Waals surface area contributed by atoms with Crippen molar-refractivity contribution in [3.05, 3.63) is 35.9 Å². The summed E-state index contributed by atoms with van der Waals surface area (Å²) >= 11 is 0. The van der Waals surface area contributed by atoms with Crippen molar-refractivity contribution in [1.82, 2.24) is 10.2 Å². The van der Waals surface area contributed by atoms with E-state index in [-0.39, 0.29) is 11.9 Å². The fourth-order valence-electron chi connectivity index (χ4n) is 1.77. The SMILES string of the molecule is CCNC(CN(C)Cc1ccccc1)C(N)=O. The van der Waals surface area contributed by atoms with E-state index in [2.05, 4.69) is 22.3 Å². The average molecular weight is 235 g/mol. The van der Waals surface area contributed by atoms with Crippen molar-refractivity contribution in [2.75, 3.05) is 20.1 Å². The molecule has 1 rings (SSSR count). The minimum absolute atomic E-state index is 0.284. The van der Waals surface area contributed by atoms with Crippen LogP contribution in [0.15, 0.2) is 30.3 Å². The Kier molecular flexibility index (Phi) is 5.66. The van der Waals surface area contributed by atoms with Crippen LogP contribution in [0.1, 0.15) is 12.5 Å². The molecule has 4 heteroatoms. The highest BCUT2D eigenvalue weighted by Gasteiger charge is 2.15. The molecule has 0 radical (unpaired) electrons. The first-order valence-electron chi connectivity index (χ1n) is 5.88. The molecule has 1 atom stereocenters. The topological polar surface area (TPSA) is 58.4 Å². The van der Waals surface area contributed by atoms with Crippen molar-refractivity contribution >= 4 is 5.91 Å². The van der Waals surface area contributed by atoms with E-state index in [9.17, 15) is 4.79 Å². The summed E-state index contributed by atoms with van der Waals surface area (Å²) in [6.45, 7) is 4.15. The van der Waals surface area contributed by atoms with Crippen LogP contribution < -0.4 is 11.1 Å². The molecule has 1 unspecified atom stereocenters. The van der Waals surface area contributed by atoms with Gasteiger partial charge in [0.15, 0.2) is 0 Å². The summed E-state index contributed by atoms with van der Waals surface area (Å²) < 4.78 is 0. The Morgan fingerprint density at radius 3 is 2.59 bits per heavy atom. The third kappa shape index (κ3) is 4.97. The third-order valence-electron chi connectivity index (χ3n) is 2.58. The molecule has 17 heavy (non-hydrogen) atoms. The van der Waals surface area contributed by atoms with E-state index < -0.39 is 0 Å². The fourth-order valence-corrected chi connectivity index (χ4v) is 1.77. The highest BCUT2D eigenvalue weighted by atomic mass is 16.1. The maximum atomic E-state index is 11.2. The summed E-state index contributed by atoms with van der Waals surface area (Å²) in [6.07, 6.45) is 0. The Bertz CT molecular complexity index is 340. The molecule has 0 aliphatic rings. The van der Waals surface area contributed by atoms with Gasteiger partial charge in [-0.25, -0.2) is 0 Å². The largest absolute Gasteiger partial charge is 0.368 e. The molecule has 0 fully saturated rings. The Balaban J connectivity index is 2.47. The van der Waals surface area contributed by atoms with Gasteiger partial charge in [0.1, 0.15) is 0 Å². The molecular formula is C13H21N3O. The van der Waals surface area contributed by atoms with E-state index in [4.69, 9.17) is 5.73 Å². The first-order valence-corrected chi connectivity index (χ1v) is 5.88. The summed E-state index contributed by atoms with van der Waals surface area (Å²) in [5, 5.41) is 3.08. The molecule has 1 aromatic carbocycles. The summed E-state index contributed by atoms with van der Waals surface area (Å²) in [6, 6.07) is 9.88. The first-order chi connectivity index (χ1) is 8.13. The number of likely N-dealkylation sites (N-methyl/N-ethyl adjacent to an activating group) is 2. The van der Waals surface area contributed by atoms with Crippen LogP contribution in [-0.4, -0.2) is 37.0 Å². The molecule has 1 aromatic rings. The summed E-state index contributed by atoms with van der Waals surface area (Å²) in [5.41, 5.74) is 6.57. The van der Waals surface area contributed by atoms with E-state index in [1.54, 1.807) is 0 Å². The Labute approximate surface area is 103 Å². The Morgan fingerprint density at radius 2 is 2.06 bits per heavy atom. The molecule has 3 N–H and O–H groups in total. The van der Waals surface area contributed by atoms with Crippen LogP contribution in [0.5, 0.6) is 0 Å². The average Bonchev–Trinajstić information content (AvgIpc) is 2.29. The van der Waals surface area contributed by atoms with E-state index in [0.29, 0.717) is 6.54 Å². The fraction of sp³-hybridized carbons (Fsp3) is 0.462. The second-order valence-corrected chi connectivity index (χ2v) is 4.19. The maximum absolute atomic E-state index is 11.2. The molecule has 0 saturated carbocycles. The monoisotopic (exact) mass is 235 g/mol. The van der Waals surface area contributed by atoms with Gasteiger partial charge in [-0.2, -0.15) is 0 Å². The lowest BCUT2D eigenvalue weighted by atomic mass is 10.2. The van der Waals surface area contributed by atoms with Gasteiger partial charge in [-0.15, -0.1) is 0 Å². The molecule has 0 aromatic heterocycles. The minimum atomic E-state index is -0.299. The van der Waals surface area contributed by atoms with Crippen molar-refractivity contribution in [3.8, 4) is 0 Å². The predicted octanol–water partition coefficient (Wildman–Crippen LogP) is 0.582.